The lowest BCUT2D eigenvalue weighted by molar-refractivity contribution is 0.414. The topological polar surface area (TPSA) is 62.3 Å². The number of nitrogen functional groups attached to an aromatic ring is 1. The Hall–Kier alpha value is -1.71. The van der Waals surface area contributed by atoms with Crippen LogP contribution >= 0.6 is 0 Å². The lowest BCUT2D eigenvalue weighted by atomic mass is 10.1. The first kappa shape index (κ1) is 13.3. The van der Waals surface area contributed by atoms with E-state index in [1.54, 1.807) is 7.11 Å². The molecule has 3 N–H and O–H groups in total. The van der Waals surface area contributed by atoms with Gasteiger partial charge in [0.15, 0.2) is 0 Å². The fourth-order valence-electron chi connectivity index (χ4n) is 2.62. The molecule has 0 aliphatic heterocycles. The third-order valence-corrected chi connectivity index (χ3v) is 4.19. The van der Waals surface area contributed by atoms with Crippen molar-refractivity contribution in [3.63, 3.8) is 0 Å². The Morgan fingerprint density at radius 3 is 2.30 bits per heavy atom. The van der Waals surface area contributed by atoms with Crippen molar-refractivity contribution in [1.82, 2.24) is 0 Å². The van der Waals surface area contributed by atoms with E-state index < -0.39 is 0 Å². The SMILES string of the molecule is COc1ccc(C(=N)N)c(N(CC2CC2)CC2CC2)c1. The molecular formula is C16H23N3O. The van der Waals surface area contributed by atoms with Gasteiger partial charge in [0, 0.05) is 24.7 Å². The van der Waals surface area contributed by atoms with E-state index >= 15 is 0 Å². The summed E-state index contributed by atoms with van der Waals surface area (Å²) < 4.78 is 5.34. The van der Waals surface area contributed by atoms with Crippen molar-refractivity contribution in [3.05, 3.63) is 23.8 Å². The molecule has 3 rings (SSSR count). The monoisotopic (exact) mass is 273 g/mol. The number of methoxy groups -OCH3 is 1. The summed E-state index contributed by atoms with van der Waals surface area (Å²) in [5, 5.41) is 7.80. The second kappa shape index (κ2) is 5.35. The molecule has 0 atom stereocenters. The van der Waals surface area contributed by atoms with Crippen molar-refractivity contribution < 1.29 is 4.74 Å². The van der Waals surface area contributed by atoms with E-state index in [0.717, 1.165) is 41.9 Å². The Balaban J connectivity index is 1.90. The van der Waals surface area contributed by atoms with Crippen molar-refractivity contribution in [1.29, 1.82) is 5.41 Å². The van der Waals surface area contributed by atoms with Crippen LogP contribution in [0, 0.1) is 17.2 Å². The number of hydrogen-bond acceptors (Lipinski definition) is 3. The molecule has 1 aromatic rings. The second-order valence-electron chi connectivity index (χ2n) is 6.09. The first-order valence-corrected chi connectivity index (χ1v) is 7.44. The standard InChI is InChI=1S/C16H23N3O/c1-20-13-6-7-14(16(17)18)15(8-13)19(9-11-2-3-11)10-12-4-5-12/h6-8,11-12H,2-5,9-10H2,1H3,(H3,17,18). The van der Waals surface area contributed by atoms with Crippen molar-refractivity contribution in [3.8, 4) is 5.75 Å². The van der Waals surface area contributed by atoms with Gasteiger partial charge in [-0.3, -0.25) is 5.41 Å². The maximum absolute atomic E-state index is 7.80. The van der Waals surface area contributed by atoms with Gasteiger partial charge in [-0.15, -0.1) is 0 Å². The highest BCUT2D eigenvalue weighted by Gasteiger charge is 2.30. The van der Waals surface area contributed by atoms with E-state index in [0.29, 0.717) is 0 Å². The van der Waals surface area contributed by atoms with Crippen LogP contribution in [0.3, 0.4) is 0 Å². The van der Waals surface area contributed by atoms with Crippen LogP contribution in [0.5, 0.6) is 5.75 Å². The maximum atomic E-state index is 7.80. The summed E-state index contributed by atoms with van der Waals surface area (Å²) in [5.74, 6) is 2.61. The average Bonchev–Trinajstić information content (AvgIpc) is 3.32. The number of benzene rings is 1. The molecule has 4 nitrogen and oxygen atoms in total. The van der Waals surface area contributed by atoms with Crippen molar-refractivity contribution in [2.24, 2.45) is 17.6 Å². The van der Waals surface area contributed by atoms with E-state index in [1.807, 2.05) is 18.2 Å². The van der Waals surface area contributed by atoms with Gasteiger partial charge in [0.05, 0.1) is 12.8 Å². The van der Waals surface area contributed by atoms with Crippen LogP contribution in [0.25, 0.3) is 0 Å². The Labute approximate surface area is 120 Å². The summed E-state index contributed by atoms with van der Waals surface area (Å²) in [6.45, 7) is 2.17. The van der Waals surface area contributed by atoms with Gasteiger partial charge in [0.1, 0.15) is 11.6 Å². The molecule has 1 aromatic carbocycles. The van der Waals surface area contributed by atoms with Crippen molar-refractivity contribution in [2.75, 3.05) is 25.1 Å². The number of nitrogens with two attached hydrogens (primary N) is 1. The molecular weight excluding hydrogens is 250 g/mol. The molecule has 0 unspecified atom stereocenters. The number of rotatable bonds is 7. The van der Waals surface area contributed by atoms with Crippen LogP contribution in [-0.2, 0) is 0 Å². The molecule has 0 amide bonds. The summed E-state index contributed by atoms with van der Waals surface area (Å²) in [7, 11) is 1.68. The number of amidine groups is 1. The summed E-state index contributed by atoms with van der Waals surface area (Å²) in [5.41, 5.74) is 7.64. The molecule has 0 heterocycles. The quantitative estimate of drug-likeness (QED) is 0.593. The predicted molar refractivity (Wildman–Crippen MR) is 81.7 cm³/mol. The summed E-state index contributed by atoms with van der Waals surface area (Å²) >= 11 is 0. The van der Waals surface area contributed by atoms with E-state index in [2.05, 4.69) is 4.90 Å². The van der Waals surface area contributed by atoms with Gasteiger partial charge in [-0.1, -0.05) is 0 Å². The summed E-state index contributed by atoms with van der Waals surface area (Å²) in [6.07, 6.45) is 5.34. The van der Waals surface area contributed by atoms with Crippen LogP contribution < -0.4 is 15.4 Å². The third-order valence-electron chi connectivity index (χ3n) is 4.19. The molecule has 2 fully saturated rings. The number of hydrogen-bond donors (Lipinski definition) is 2. The number of nitrogens with zero attached hydrogens (tertiary/aromatic N) is 1. The van der Waals surface area contributed by atoms with Crippen LogP contribution in [0.2, 0.25) is 0 Å². The molecule has 0 spiro atoms. The second-order valence-corrected chi connectivity index (χ2v) is 6.09. The largest absolute Gasteiger partial charge is 0.497 e. The zero-order valence-corrected chi connectivity index (χ0v) is 12.1. The van der Waals surface area contributed by atoms with Gasteiger partial charge in [-0.05, 0) is 49.7 Å². The molecule has 0 aromatic heterocycles. The van der Waals surface area contributed by atoms with Crippen molar-refractivity contribution >= 4 is 11.5 Å². The summed E-state index contributed by atoms with van der Waals surface area (Å²) in [6, 6.07) is 5.82. The minimum absolute atomic E-state index is 0.138. The van der Waals surface area contributed by atoms with Gasteiger partial charge in [0.25, 0.3) is 0 Å². The van der Waals surface area contributed by atoms with Gasteiger partial charge < -0.3 is 15.4 Å². The number of ether oxygens (including phenoxy) is 1. The van der Waals surface area contributed by atoms with Crippen LogP contribution in [0.1, 0.15) is 31.2 Å². The van der Waals surface area contributed by atoms with E-state index in [4.69, 9.17) is 15.9 Å². The van der Waals surface area contributed by atoms with E-state index in [9.17, 15) is 0 Å². The molecule has 20 heavy (non-hydrogen) atoms. The number of nitrogens with one attached hydrogen (secondary N) is 1. The molecule has 0 radical (unpaired) electrons. The molecule has 0 bridgehead atoms. The average molecular weight is 273 g/mol. The van der Waals surface area contributed by atoms with Gasteiger partial charge in [0.2, 0.25) is 0 Å². The Morgan fingerprint density at radius 1 is 1.25 bits per heavy atom. The predicted octanol–water partition coefficient (Wildman–Crippen LogP) is 2.61. The first-order chi connectivity index (χ1) is 9.67. The van der Waals surface area contributed by atoms with E-state index in [-0.39, 0.29) is 5.84 Å². The van der Waals surface area contributed by atoms with Crippen molar-refractivity contribution in [2.45, 2.75) is 25.7 Å². The Kier molecular flexibility index (Phi) is 3.55. The van der Waals surface area contributed by atoms with Gasteiger partial charge in [-0.25, -0.2) is 0 Å². The molecule has 108 valence electrons. The Morgan fingerprint density at radius 2 is 1.85 bits per heavy atom. The third kappa shape index (κ3) is 3.06. The van der Waals surface area contributed by atoms with Gasteiger partial charge >= 0.3 is 0 Å². The normalized spacial score (nSPS) is 17.9. The van der Waals surface area contributed by atoms with Crippen LogP contribution in [0.4, 0.5) is 5.69 Å². The first-order valence-electron chi connectivity index (χ1n) is 7.44. The van der Waals surface area contributed by atoms with Gasteiger partial charge in [-0.2, -0.15) is 0 Å². The fourth-order valence-corrected chi connectivity index (χ4v) is 2.62. The maximum Gasteiger partial charge on any atom is 0.124 e. The fraction of sp³-hybridized carbons (Fsp3) is 0.562. The zero-order valence-electron chi connectivity index (χ0n) is 12.1. The summed E-state index contributed by atoms with van der Waals surface area (Å²) in [4.78, 5) is 2.43. The molecule has 2 aliphatic carbocycles. The van der Waals surface area contributed by atoms with Crippen LogP contribution in [-0.4, -0.2) is 26.0 Å². The zero-order chi connectivity index (χ0) is 14.1. The molecule has 2 saturated carbocycles. The van der Waals surface area contributed by atoms with E-state index in [1.165, 1.54) is 25.7 Å². The molecule has 4 heteroatoms. The molecule has 0 saturated heterocycles. The lowest BCUT2D eigenvalue weighted by Gasteiger charge is -2.27. The highest BCUT2D eigenvalue weighted by atomic mass is 16.5. The Bertz CT molecular complexity index is 492. The smallest absolute Gasteiger partial charge is 0.124 e. The van der Waals surface area contributed by atoms with Crippen LogP contribution in [0.15, 0.2) is 18.2 Å². The minimum Gasteiger partial charge on any atom is -0.497 e. The number of anilines is 1. The highest BCUT2D eigenvalue weighted by molar-refractivity contribution is 6.00. The lowest BCUT2D eigenvalue weighted by Crippen LogP contribution is -2.30. The highest BCUT2D eigenvalue weighted by Crippen LogP contribution is 2.37. The molecule has 2 aliphatic rings. The minimum atomic E-state index is 0.138.